The van der Waals surface area contributed by atoms with Crippen LogP contribution in [-0.2, 0) is 0 Å². The third-order valence-electron chi connectivity index (χ3n) is 7.89. The van der Waals surface area contributed by atoms with Crippen LogP contribution < -0.4 is 0 Å². The second kappa shape index (κ2) is 20.3. The average Bonchev–Trinajstić information content (AvgIpc) is 2.89. The Morgan fingerprint density at radius 2 is 1.45 bits per heavy atom. The van der Waals surface area contributed by atoms with E-state index in [9.17, 15) is 5.11 Å². The van der Waals surface area contributed by atoms with E-state index >= 15 is 0 Å². The molecule has 1 aliphatic carbocycles. The minimum Gasteiger partial charge on any atom is -0.393 e. The van der Waals surface area contributed by atoms with E-state index < -0.39 is 0 Å². The number of rotatable bonds is 16. The first kappa shape index (κ1) is 37.3. The third kappa shape index (κ3) is 16.7. The summed E-state index contributed by atoms with van der Waals surface area (Å²) in [5.74, 6) is 0.671. The van der Waals surface area contributed by atoms with Gasteiger partial charge in [0, 0.05) is 0 Å². The summed E-state index contributed by atoms with van der Waals surface area (Å²) in [6, 6.07) is 0. The highest BCUT2D eigenvalue weighted by atomic mass is 16.3. The minimum absolute atomic E-state index is 0.0115. The standard InChI is InChI=1S/C40H60O2/c1-31(18-12-20-33(3)21-13-22-34(4)23-15-25-36(6)30-41)16-10-11-17-32(2)19-14-24-35(5)26-27-39-37(7)28-38(42)29-40(39,8)9/h10-12,14,16-19,22,24-27,33,38,41-42H,13,15,20-21,23,28-30H2,1-9H3. The SMILES string of the molecule is CC(C=CC=C(C)C=CC1=C(C)CC(O)CC1(C)C)=CC=CC=C(C)C=CCC(C)CCC=C(C)CCC=C(C)CO. The molecular formula is C40H60O2. The third-order valence-corrected chi connectivity index (χ3v) is 7.89. The predicted octanol–water partition coefficient (Wildman–Crippen LogP) is 11.0. The number of hydrogen-bond acceptors (Lipinski definition) is 2. The summed E-state index contributed by atoms with van der Waals surface area (Å²) in [5, 5.41) is 19.2. The summed E-state index contributed by atoms with van der Waals surface area (Å²) in [5.41, 5.74) is 8.83. The maximum absolute atomic E-state index is 10.1. The van der Waals surface area contributed by atoms with Crippen molar-refractivity contribution < 1.29 is 10.2 Å². The molecule has 0 aromatic rings. The van der Waals surface area contributed by atoms with Crippen LogP contribution in [0.25, 0.3) is 0 Å². The Balaban J connectivity index is 2.47. The van der Waals surface area contributed by atoms with Gasteiger partial charge in [0.15, 0.2) is 0 Å². The Morgan fingerprint density at radius 1 is 0.857 bits per heavy atom. The fraction of sp³-hybridized carbons (Fsp3) is 0.500. The van der Waals surface area contributed by atoms with Gasteiger partial charge in [0.25, 0.3) is 0 Å². The quantitative estimate of drug-likeness (QED) is 0.143. The Morgan fingerprint density at radius 3 is 2.10 bits per heavy atom. The maximum atomic E-state index is 10.1. The van der Waals surface area contributed by atoms with Crippen molar-refractivity contribution in [2.24, 2.45) is 11.3 Å². The van der Waals surface area contributed by atoms with Gasteiger partial charge in [-0.1, -0.05) is 133 Å². The molecule has 0 spiro atoms. The van der Waals surface area contributed by atoms with Gasteiger partial charge in [0.2, 0.25) is 0 Å². The van der Waals surface area contributed by atoms with Gasteiger partial charge in [-0.05, 0) is 103 Å². The van der Waals surface area contributed by atoms with Crippen LogP contribution in [0.2, 0.25) is 0 Å². The molecule has 0 saturated carbocycles. The molecule has 1 rings (SSSR count). The fourth-order valence-electron chi connectivity index (χ4n) is 5.26. The molecule has 2 N–H and O–H groups in total. The highest BCUT2D eigenvalue weighted by Crippen LogP contribution is 2.41. The van der Waals surface area contributed by atoms with Crippen molar-refractivity contribution in [3.05, 3.63) is 118 Å². The van der Waals surface area contributed by atoms with E-state index in [1.165, 1.54) is 39.9 Å². The molecule has 0 bridgehead atoms. The molecule has 1 aliphatic rings. The first-order chi connectivity index (χ1) is 19.8. The van der Waals surface area contributed by atoms with Gasteiger partial charge in [-0.15, -0.1) is 0 Å². The van der Waals surface area contributed by atoms with Crippen LogP contribution in [0.3, 0.4) is 0 Å². The van der Waals surface area contributed by atoms with Crippen molar-refractivity contribution in [2.45, 2.75) is 113 Å². The number of aliphatic hydroxyl groups excluding tert-OH is 2. The molecule has 0 aromatic heterocycles. The zero-order valence-corrected chi connectivity index (χ0v) is 28.2. The first-order valence-electron chi connectivity index (χ1n) is 15.9. The van der Waals surface area contributed by atoms with E-state index in [4.69, 9.17) is 5.11 Å². The molecule has 2 unspecified atom stereocenters. The molecule has 0 heterocycles. The van der Waals surface area contributed by atoms with E-state index in [2.05, 4.69) is 134 Å². The van der Waals surface area contributed by atoms with Crippen LogP contribution in [0.1, 0.15) is 107 Å². The molecular weight excluding hydrogens is 512 g/mol. The van der Waals surface area contributed by atoms with Gasteiger partial charge in [-0.2, -0.15) is 0 Å². The molecule has 2 atom stereocenters. The van der Waals surface area contributed by atoms with Crippen LogP contribution >= 0.6 is 0 Å². The lowest BCUT2D eigenvalue weighted by Crippen LogP contribution is -2.28. The maximum Gasteiger partial charge on any atom is 0.0639 e. The molecule has 0 radical (unpaired) electrons. The van der Waals surface area contributed by atoms with Gasteiger partial charge >= 0.3 is 0 Å². The second-order valence-corrected chi connectivity index (χ2v) is 13.1. The summed E-state index contributed by atoms with van der Waals surface area (Å²) in [4.78, 5) is 0. The smallest absolute Gasteiger partial charge is 0.0639 e. The Kier molecular flexibility index (Phi) is 18.0. The Labute approximate surface area is 259 Å². The zero-order valence-electron chi connectivity index (χ0n) is 28.2. The van der Waals surface area contributed by atoms with Crippen molar-refractivity contribution in [3.63, 3.8) is 0 Å². The summed E-state index contributed by atoms with van der Waals surface area (Å²) >= 11 is 0. The summed E-state index contributed by atoms with van der Waals surface area (Å²) in [6.07, 6.45) is 35.2. The van der Waals surface area contributed by atoms with Gasteiger partial charge < -0.3 is 10.2 Å². The zero-order chi connectivity index (χ0) is 31.5. The van der Waals surface area contributed by atoms with E-state index in [-0.39, 0.29) is 18.1 Å². The minimum atomic E-state index is -0.222. The van der Waals surface area contributed by atoms with Gasteiger partial charge in [-0.3, -0.25) is 0 Å². The normalized spacial score (nSPS) is 20.7. The lowest BCUT2D eigenvalue weighted by atomic mass is 9.71. The number of allylic oxidation sites excluding steroid dienone is 18. The predicted molar refractivity (Wildman–Crippen MR) is 186 cm³/mol. The highest BCUT2D eigenvalue weighted by molar-refractivity contribution is 5.38. The van der Waals surface area contributed by atoms with Crippen LogP contribution in [0.5, 0.6) is 0 Å². The summed E-state index contributed by atoms with van der Waals surface area (Å²) < 4.78 is 0. The van der Waals surface area contributed by atoms with Crippen molar-refractivity contribution in [1.82, 2.24) is 0 Å². The molecule has 2 nitrogen and oxygen atoms in total. The van der Waals surface area contributed by atoms with Crippen LogP contribution in [0.15, 0.2) is 118 Å². The topological polar surface area (TPSA) is 40.5 Å². The van der Waals surface area contributed by atoms with Gasteiger partial charge in [0.05, 0.1) is 12.7 Å². The number of aliphatic hydroxyl groups is 2. The Bertz CT molecular complexity index is 1140. The largest absolute Gasteiger partial charge is 0.393 e. The highest BCUT2D eigenvalue weighted by Gasteiger charge is 2.31. The molecule has 2 heteroatoms. The molecule has 232 valence electrons. The van der Waals surface area contributed by atoms with Crippen LogP contribution in [-0.4, -0.2) is 22.9 Å². The lowest BCUT2D eigenvalue weighted by molar-refractivity contribution is 0.116. The molecule has 0 aromatic carbocycles. The fourth-order valence-corrected chi connectivity index (χ4v) is 5.26. The monoisotopic (exact) mass is 572 g/mol. The van der Waals surface area contributed by atoms with E-state index in [1.54, 1.807) is 0 Å². The van der Waals surface area contributed by atoms with Gasteiger partial charge in [-0.25, -0.2) is 0 Å². The summed E-state index contributed by atoms with van der Waals surface area (Å²) in [7, 11) is 0. The first-order valence-corrected chi connectivity index (χ1v) is 15.9. The van der Waals surface area contributed by atoms with Gasteiger partial charge in [0.1, 0.15) is 0 Å². The second-order valence-electron chi connectivity index (χ2n) is 13.1. The van der Waals surface area contributed by atoms with E-state index in [0.717, 1.165) is 44.1 Å². The summed E-state index contributed by atoms with van der Waals surface area (Å²) in [6.45, 7) is 19.7. The average molecular weight is 573 g/mol. The lowest BCUT2D eigenvalue weighted by Gasteiger charge is -2.35. The van der Waals surface area contributed by atoms with Crippen molar-refractivity contribution in [2.75, 3.05) is 6.61 Å². The van der Waals surface area contributed by atoms with Crippen LogP contribution in [0.4, 0.5) is 0 Å². The molecule has 0 aliphatic heterocycles. The van der Waals surface area contributed by atoms with E-state index in [1.807, 2.05) is 6.92 Å². The van der Waals surface area contributed by atoms with Crippen molar-refractivity contribution in [1.29, 1.82) is 0 Å². The van der Waals surface area contributed by atoms with Crippen molar-refractivity contribution in [3.8, 4) is 0 Å². The molecule has 42 heavy (non-hydrogen) atoms. The van der Waals surface area contributed by atoms with E-state index in [0.29, 0.717) is 5.92 Å². The molecule has 0 fully saturated rings. The molecule has 0 amide bonds. The van der Waals surface area contributed by atoms with Crippen LogP contribution in [0, 0.1) is 11.3 Å². The molecule has 0 saturated heterocycles. The Hall–Kier alpha value is -2.68. The number of hydrogen-bond donors (Lipinski definition) is 2. The van der Waals surface area contributed by atoms with Crippen molar-refractivity contribution >= 4 is 0 Å².